The Kier molecular flexibility index (Phi) is 2.57. The van der Waals surface area contributed by atoms with Gasteiger partial charge in [0, 0.05) is 0 Å². The van der Waals surface area contributed by atoms with Crippen LogP contribution in [0.25, 0.3) is 0 Å². The lowest BCUT2D eigenvalue weighted by Crippen LogP contribution is -2.16. The minimum absolute atomic E-state index is 0.117. The molecule has 0 radical (unpaired) electrons. The maximum absolute atomic E-state index is 12.5. The summed E-state index contributed by atoms with van der Waals surface area (Å²) >= 11 is 0. The van der Waals surface area contributed by atoms with Crippen LogP contribution >= 0.6 is 0 Å². The zero-order valence-corrected chi connectivity index (χ0v) is 6.60. The average molecular weight is 185 g/mol. The first-order valence-corrected chi connectivity index (χ1v) is 3.57. The number of hydrogen-bond acceptors (Lipinski definition) is 1. The Morgan fingerprint density at radius 1 is 1.38 bits per heavy atom. The number of hydrogen-bond donors (Lipinski definition) is 0. The molecule has 0 spiro atoms. The molecule has 0 fully saturated rings. The Balaban J connectivity index is 2.82. The normalized spacial score (nSPS) is 10.9. The highest BCUT2D eigenvalue weighted by Gasteiger charge is 2.28. The summed E-state index contributed by atoms with van der Waals surface area (Å²) in [7, 11) is 0. The molecule has 0 amide bonds. The summed E-state index contributed by atoms with van der Waals surface area (Å²) in [5.41, 5.74) is 0.117. The van der Waals surface area contributed by atoms with E-state index >= 15 is 0 Å². The Bertz CT molecular complexity index is 341. The number of nitriles is 1. The quantitative estimate of drug-likeness (QED) is 0.694. The molecule has 1 aromatic rings. The van der Waals surface area contributed by atoms with Crippen molar-refractivity contribution in [3.63, 3.8) is 0 Å². The van der Waals surface area contributed by atoms with Gasteiger partial charge in [-0.15, -0.1) is 0 Å². The molecule has 0 atom stereocenters. The van der Waals surface area contributed by atoms with Crippen LogP contribution in [-0.4, -0.2) is 5.92 Å². The van der Waals surface area contributed by atoms with Crippen molar-refractivity contribution in [2.24, 2.45) is 0 Å². The molecule has 68 valence electrons. The van der Waals surface area contributed by atoms with E-state index in [0.717, 1.165) is 18.2 Å². The topological polar surface area (TPSA) is 23.8 Å². The lowest BCUT2D eigenvalue weighted by Gasteiger charge is -2.06. The highest BCUT2D eigenvalue weighted by Crippen LogP contribution is 2.19. The van der Waals surface area contributed by atoms with Crippen LogP contribution < -0.4 is 0 Å². The Labute approximate surface area is 73.4 Å². The van der Waals surface area contributed by atoms with E-state index in [1.165, 1.54) is 12.1 Å². The highest BCUT2D eigenvalue weighted by atomic mass is 19.3. The lowest BCUT2D eigenvalue weighted by molar-refractivity contribution is 0.0645. The second-order valence-electron chi connectivity index (χ2n) is 2.62. The molecule has 1 rings (SSSR count). The first kappa shape index (κ1) is 9.59. The third-order valence-corrected chi connectivity index (χ3v) is 1.48. The largest absolute Gasteiger partial charge is 0.335 e. The smallest absolute Gasteiger partial charge is 0.207 e. The number of nitrogens with zero attached hydrogens (tertiary/aromatic N) is 1. The lowest BCUT2D eigenvalue weighted by atomic mass is 10.1. The summed E-state index contributed by atoms with van der Waals surface area (Å²) in [5, 5.41) is 8.03. The van der Waals surface area contributed by atoms with E-state index in [9.17, 15) is 13.2 Å². The van der Waals surface area contributed by atoms with Crippen LogP contribution in [0.3, 0.4) is 0 Å². The zero-order chi connectivity index (χ0) is 9.90. The van der Waals surface area contributed by atoms with Crippen molar-refractivity contribution in [3.05, 3.63) is 35.6 Å². The zero-order valence-electron chi connectivity index (χ0n) is 6.60. The molecule has 0 aliphatic heterocycles. The van der Waals surface area contributed by atoms with Crippen LogP contribution in [0, 0.1) is 17.1 Å². The molecule has 0 saturated heterocycles. The molecular weight excluding hydrogens is 179 g/mol. The molecule has 0 N–H and O–H groups in total. The van der Waals surface area contributed by atoms with Gasteiger partial charge in [0.1, 0.15) is 11.9 Å². The fourth-order valence-electron chi connectivity index (χ4n) is 0.943. The van der Waals surface area contributed by atoms with Crippen LogP contribution in [0.5, 0.6) is 0 Å². The number of halogens is 3. The van der Waals surface area contributed by atoms with E-state index < -0.39 is 18.2 Å². The van der Waals surface area contributed by atoms with Crippen molar-refractivity contribution in [2.75, 3.05) is 0 Å². The maximum atomic E-state index is 12.5. The standard InChI is InChI=1S/C9H6F3N/c10-8-3-1-2-7(4-8)5-9(11,12)6-13/h1-4H,5H2. The van der Waals surface area contributed by atoms with Gasteiger partial charge in [-0.05, 0) is 17.7 Å². The Morgan fingerprint density at radius 2 is 2.08 bits per heavy atom. The second-order valence-corrected chi connectivity index (χ2v) is 2.62. The summed E-state index contributed by atoms with van der Waals surface area (Å²) in [4.78, 5) is 0. The second kappa shape index (κ2) is 3.48. The summed E-state index contributed by atoms with van der Waals surface area (Å²) in [6.45, 7) is 0. The van der Waals surface area contributed by atoms with Gasteiger partial charge in [0.2, 0.25) is 0 Å². The Morgan fingerprint density at radius 3 is 2.62 bits per heavy atom. The minimum atomic E-state index is -3.42. The van der Waals surface area contributed by atoms with Crippen LogP contribution in [0.1, 0.15) is 5.56 Å². The molecule has 4 heteroatoms. The van der Waals surface area contributed by atoms with Crippen molar-refractivity contribution in [2.45, 2.75) is 12.3 Å². The molecule has 0 bridgehead atoms. The number of benzene rings is 1. The van der Waals surface area contributed by atoms with Crippen LogP contribution in [0.2, 0.25) is 0 Å². The third-order valence-electron chi connectivity index (χ3n) is 1.48. The van der Waals surface area contributed by atoms with Crippen molar-refractivity contribution in [1.29, 1.82) is 5.26 Å². The van der Waals surface area contributed by atoms with Crippen molar-refractivity contribution in [3.8, 4) is 6.07 Å². The van der Waals surface area contributed by atoms with Gasteiger partial charge in [0.25, 0.3) is 0 Å². The molecule has 0 unspecified atom stereocenters. The van der Waals surface area contributed by atoms with Gasteiger partial charge in [-0.1, -0.05) is 12.1 Å². The van der Waals surface area contributed by atoms with E-state index in [2.05, 4.69) is 0 Å². The summed E-state index contributed by atoms with van der Waals surface area (Å²) in [6.07, 6.45) is -0.749. The summed E-state index contributed by atoms with van der Waals surface area (Å²) < 4.78 is 37.5. The molecule has 1 aromatic carbocycles. The predicted octanol–water partition coefficient (Wildman–Crippen LogP) is 2.53. The first-order chi connectivity index (χ1) is 6.03. The van der Waals surface area contributed by atoms with E-state index in [-0.39, 0.29) is 5.56 Å². The molecule has 0 aliphatic rings. The van der Waals surface area contributed by atoms with E-state index in [1.807, 2.05) is 0 Å². The molecule has 0 aromatic heterocycles. The van der Waals surface area contributed by atoms with E-state index in [0.29, 0.717) is 0 Å². The predicted molar refractivity (Wildman–Crippen MR) is 40.7 cm³/mol. The molecule has 0 saturated carbocycles. The molecule has 13 heavy (non-hydrogen) atoms. The number of alkyl halides is 2. The fraction of sp³-hybridized carbons (Fsp3) is 0.222. The third kappa shape index (κ3) is 2.79. The summed E-state index contributed by atoms with van der Waals surface area (Å²) in [6, 6.07) is 5.69. The maximum Gasteiger partial charge on any atom is 0.335 e. The van der Waals surface area contributed by atoms with Gasteiger partial charge in [-0.3, -0.25) is 0 Å². The van der Waals surface area contributed by atoms with Gasteiger partial charge >= 0.3 is 5.92 Å². The Hall–Kier alpha value is -1.50. The van der Waals surface area contributed by atoms with Gasteiger partial charge in [0.15, 0.2) is 0 Å². The molecular formula is C9H6F3N. The van der Waals surface area contributed by atoms with Crippen molar-refractivity contribution >= 4 is 0 Å². The fourth-order valence-corrected chi connectivity index (χ4v) is 0.943. The van der Waals surface area contributed by atoms with Gasteiger partial charge in [-0.2, -0.15) is 14.0 Å². The summed E-state index contributed by atoms with van der Waals surface area (Å²) in [5.74, 6) is -4.00. The highest BCUT2D eigenvalue weighted by molar-refractivity contribution is 5.19. The van der Waals surface area contributed by atoms with E-state index in [1.54, 1.807) is 0 Å². The molecule has 1 nitrogen and oxygen atoms in total. The average Bonchev–Trinajstić information content (AvgIpc) is 2.03. The monoisotopic (exact) mass is 185 g/mol. The minimum Gasteiger partial charge on any atom is -0.207 e. The van der Waals surface area contributed by atoms with Crippen LogP contribution in [0.4, 0.5) is 13.2 Å². The SMILES string of the molecule is N#CC(F)(F)Cc1cccc(F)c1. The molecule has 0 heterocycles. The van der Waals surface area contributed by atoms with Crippen LogP contribution in [-0.2, 0) is 6.42 Å². The van der Waals surface area contributed by atoms with Gasteiger partial charge < -0.3 is 0 Å². The molecule has 0 aliphatic carbocycles. The van der Waals surface area contributed by atoms with Crippen molar-refractivity contribution < 1.29 is 13.2 Å². The van der Waals surface area contributed by atoms with E-state index in [4.69, 9.17) is 5.26 Å². The van der Waals surface area contributed by atoms with Gasteiger partial charge in [-0.25, -0.2) is 4.39 Å². The first-order valence-electron chi connectivity index (χ1n) is 3.57. The number of rotatable bonds is 2. The van der Waals surface area contributed by atoms with Crippen molar-refractivity contribution in [1.82, 2.24) is 0 Å². The van der Waals surface area contributed by atoms with Crippen LogP contribution in [0.15, 0.2) is 24.3 Å². The van der Waals surface area contributed by atoms with Gasteiger partial charge in [0.05, 0.1) is 6.42 Å².